The van der Waals surface area contributed by atoms with Crippen LogP contribution in [0, 0.1) is 0 Å². The van der Waals surface area contributed by atoms with Crippen LogP contribution in [-0.2, 0) is 10.2 Å². The second-order valence-electron chi connectivity index (χ2n) is 5.46. The molecule has 2 aliphatic rings. The van der Waals surface area contributed by atoms with Gasteiger partial charge >= 0.3 is 0 Å². The maximum atomic E-state index is 11.6. The van der Waals surface area contributed by atoms with Crippen LogP contribution in [0.1, 0.15) is 43.7 Å². The Kier molecular flexibility index (Phi) is 2.11. The van der Waals surface area contributed by atoms with Crippen LogP contribution in [0.2, 0.25) is 0 Å². The molecule has 1 aromatic carbocycles. The lowest BCUT2D eigenvalue weighted by molar-refractivity contribution is -0.116. The van der Waals surface area contributed by atoms with E-state index in [4.69, 9.17) is 5.73 Å². The third-order valence-corrected chi connectivity index (χ3v) is 4.40. The summed E-state index contributed by atoms with van der Waals surface area (Å²) in [7, 11) is 0. The number of carbonyl (C=O) groups excluding carboxylic acids is 1. The number of fused-ring (bicyclic) bond motifs is 1. The van der Waals surface area contributed by atoms with E-state index in [-0.39, 0.29) is 23.3 Å². The molecule has 1 fully saturated rings. The van der Waals surface area contributed by atoms with Gasteiger partial charge in [0.1, 0.15) is 0 Å². The van der Waals surface area contributed by atoms with E-state index in [1.54, 1.807) is 0 Å². The Morgan fingerprint density at radius 1 is 1.47 bits per heavy atom. The van der Waals surface area contributed by atoms with Crippen LogP contribution in [0.3, 0.4) is 0 Å². The third-order valence-electron chi connectivity index (χ3n) is 4.40. The van der Waals surface area contributed by atoms with Gasteiger partial charge in [-0.2, -0.15) is 0 Å². The standard InChI is InChI=1S/C14H18N2O/c1-8-11-7-10(14(5-6-14)9(2)15)3-4-12(11)16-13(8)17/h3-4,7-9H,5-6,15H2,1-2H3,(H,16,17). The molecule has 2 unspecified atom stereocenters. The predicted octanol–water partition coefficient (Wildman–Crippen LogP) is 2.12. The van der Waals surface area contributed by atoms with Crippen LogP contribution >= 0.6 is 0 Å². The minimum absolute atomic E-state index is 0.0335. The number of hydrogen-bond acceptors (Lipinski definition) is 2. The molecule has 0 bridgehead atoms. The van der Waals surface area contributed by atoms with E-state index in [1.807, 2.05) is 13.0 Å². The number of anilines is 1. The summed E-state index contributed by atoms with van der Waals surface area (Å²) in [6.45, 7) is 4.03. The SMILES string of the molecule is CC1C(=O)Nc2ccc(C3(C(C)N)CC3)cc21. The van der Waals surface area contributed by atoms with Crippen molar-refractivity contribution >= 4 is 11.6 Å². The van der Waals surface area contributed by atoms with Crippen molar-refractivity contribution in [3.8, 4) is 0 Å². The number of hydrogen-bond donors (Lipinski definition) is 2. The van der Waals surface area contributed by atoms with Gasteiger partial charge in [-0.15, -0.1) is 0 Å². The Morgan fingerprint density at radius 2 is 2.18 bits per heavy atom. The van der Waals surface area contributed by atoms with Gasteiger partial charge in [-0.05, 0) is 43.9 Å². The molecule has 1 aliphatic carbocycles. The van der Waals surface area contributed by atoms with E-state index in [0.717, 1.165) is 11.3 Å². The normalized spacial score (nSPS) is 26.3. The first-order chi connectivity index (χ1) is 8.04. The van der Waals surface area contributed by atoms with Crippen molar-refractivity contribution in [2.24, 2.45) is 5.73 Å². The van der Waals surface area contributed by atoms with Crippen molar-refractivity contribution in [1.82, 2.24) is 0 Å². The van der Waals surface area contributed by atoms with Gasteiger partial charge in [-0.1, -0.05) is 12.1 Å². The summed E-state index contributed by atoms with van der Waals surface area (Å²) in [5, 5.41) is 2.91. The maximum absolute atomic E-state index is 11.6. The molecule has 1 aromatic rings. The summed E-state index contributed by atoms with van der Waals surface area (Å²) in [5.74, 6) is 0.0663. The Bertz CT molecular complexity index is 489. The van der Waals surface area contributed by atoms with Crippen LogP contribution in [0.5, 0.6) is 0 Å². The van der Waals surface area contributed by atoms with Gasteiger partial charge in [-0.3, -0.25) is 4.79 Å². The largest absolute Gasteiger partial charge is 0.327 e. The van der Waals surface area contributed by atoms with Crippen LogP contribution in [0.25, 0.3) is 0 Å². The van der Waals surface area contributed by atoms with Gasteiger partial charge in [0.25, 0.3) is 0 Å². The van der Waals surface area contributed by atoms with Crippen molar-refractivity contribution < 1.29 is 4.79 Å². The highest BCUT2D eigenvalue weighted by atomic mass is 16.2. The molecule has 1 saturated carbocycles. The molecule has 90 valence electrons. The highest BCUT2D eigenvalue weighted by Crippen LogP contribution is 2.51. The number of carbonyl (C=O) groups is 1. The summed E-state index contributed by atoms with van der Waals surface area (Å²) in [6.07, 6.45) is 2.33. The van der Waals surface area contributed by atoms with E-state index < -0.39 is 0 Å². The fourth-order valence-electron chi connectivity index (χ4n) is 2.87. The van der Waals surface area contributed by atoms with Crippen LogP contribution in [0.4, 0.5) is 5.69 Å². The Balaban J connectivity index is 2.03. The lowest BCUT2D eigenvalue weighted by atomic mass is 9.87. The van der Waals surface area contributed by atoms with Gasteiger partial charge in [-0.25, -0.2) is 0 Å². The van der Waals surface area contributed by atoms with Crippen molar-refractivity contribution in [2.45, 2.75) is 44.1 Å². The van der Waals surface area contributed by atoms with Gasteiger partial charge in [0.15, 0.2) is 0 Å². The number of nitrogens with two attached hydrogens (primary N) is 1. The summed E-state index contributed by atoms with van der Waals surface area (Å²) >= 11 is 0. The molecule has 3 nitrogen and oxygen atoms in total. The van der Waals surface area contributed by atoms with Crippen molar-refractivity contribution in [3.63, 3.8) is 0 Å². The first-order valence-corrected chi connectivity index (χ1v) is 6.25. The summed E-state index contributed by atoms with van der Waals surface area (Å²) in [5.41, 5.74) is 9.65. The molecule has 3 heteroatoms. The van der Waals surface area contributed by atoms with E-state index >= 15 is 0 Å². The molecular formula is C14H18N2O. The molecular weight excluding hydrogens is 212 g/mol. The maximum Gasteiger partial charge on any atom is 0.231 e. The van der Waals surface area contributed by atoms with Crippen LogP contribution in [0.15, 0.2) is 18.2 Å². The summed E-state index contributed by atoms with van der Waals surface area (Å²) < 4.78 is 0. The van der Waals surface area contributed by atoms with Crippen molar-refractivity contribution in [3.05, 3.63) is 29.3 Å². The zero-order valence-corrected chi connectivity index (χ0v) is 10.3. The highest BCUT2D eigenvalue weighted by Gasteiger charge is 2.47. The predicted molar refractivity (Wildman–Crippen MR) is 68.0 cm³/mol. The van der Waals surface area contributed by atoms with Crippen LogP contribution < -0.4 is 11.1 Å². The van der Waals surface area contributed by atoms with Crippen molar-refractivity contribution in [2.75, 3.05) is 5.32 Å². The molecule has 0 spiro atoms. The van der Waals surface area contributed by atoms with Gasteiger partial charge in [0, 0.05) is 17.1 Å². The third kappa shape index (κ3) is 1.42. The molecule has 3 rings (SSSR count). The smallest absolute Gasteiger partial charge is 0.231 e. The Hall–Kier alpha value is -1.35. The first-order valence-electron chi connectivity index (χ1n) is 6.25. The Labute approximate surface area is 101 Å². The molecule has 0 saturated heterocycles. The number of rotatable bonds is 2. The highest BCUT2D eigenvalue weighted by molar-refractivity contribution is 6.02. The van der Waals surface area contributed by atoms with Gasteiger partial charge in [0.2, 0.25) is 5.91 Å². The molecule has 17 heavy (non-hydrogen) atoms. The van der Waals surface area contributed by atoms with Gasteiger partial charge in [0.05, 0.1) is 5.92 Å². The average Bonchev–Trinajstić information content (AvgIpc) is 3.05. The summed E-state index contributed by atoms with van der Waals surface area (Å²) in [4.78, 5) is 11.6. The van der Waals surface area contributed by atoms with Crippen molar-refractivity contribution in [1.29, 1.82) is 0 Å². The lowest BCUT2D eigenvalue weighted by Gasteiger charge is -2.21. The first kappa shape index (κ1) is 10.8. The fourth-order valence-corrected chi connectivity index (χ4v) is 2.87. The number of amides is 1. The Morgan fingerprint density at radius 3 is 2.76 bits per heavy atom. The number of benzene rings is 1. The summed E-state index contributed by atoms with van der Waals surface area (Å²) in [6, 6.07) is 6.50. The number of nitrogens with one attached hydrogen (secondary N) is 1. The minimum Gasteiger partial charge on any atom is -0.327 e. The quantitative estimate of drug-likeness (QED) is 0.817. The van der Waals surface area contributed by atoms with E-state index in [2.05, 4.69) is 24.4 Å². The average molecular weight is 230 g/mol. The van der Waals surface area contributed by atoms with E-state index in [0.29, 0.717) is 0 Å². The zero-order valence-electron chi connectivity index (χ0n) is 10.3. The molecule has 1 amide bonds. The lowest BCUT2D eigenvalue weighted by Crippen LogP contribution is -2.31. The monoisotopic (exact) mass is 230 g/mol. The minimum atomic E-state index is -0.0335. The van der Waals surface area contributed by atoms with E-state index in [1.165, 1.54) is 18.4 Å². The molecule has 3 N–H and O–H groups in total. The van der Waals surface area contributed by atoms with Crippen LogP contribution in [-0.4, -0.2) is 11.9 Å². The zero-order chi connectivity index (χ0) is 12.2. The molecule has 0 aromatic heterocycles. The molecule has 1 aliphatic heterocycles. The molecule has 1 heterocycles. The second kappa shape index (κ2) is 3.33. The fraction of sp³-hybridized carbons (Fsp3) is 0.500. The topological polar surface area (TPSA) is 55.1 Å². The van der Waals surface area contributed by atoms with E-state index in [9.17, 15) is 4.79 Å². The molecule has 2 atom stereocenters. The van der Waals surface area contributed by atoms with Gasteiger partial charge < -0.3 is 11.1 Å². The second-order valence-corrected chi connectivity index (χ2v) is 5.46. The molecule has 0 radical (unpaired) electrons.